The van der Waals surface area contributed by atoms with Crippen LogP contribution in [0.3, 0.4) is 0 Å². The molecule has 1 saturated heterocycles. The highest BCUT2D eigenvalue weighted by atomic mass is 35.5. The van der Waals surface area contributed by atoms with E-state index in [1.165, 1.54) is 32.0 Å². The third-order valence-corrected chi connectivity index (χ3v) is 7.20. The van der Waals surface area contributed by atoms with Crippen molar-refractivity contribution < 1.29 is 31.2 Å². The minimum Gasteiger partial charge on any atom is -0.322 e. The second-order valence-electron chi connectivity index (χ2n) is 7.52. The van der Waals surface area contributed by atoms with E-state index in [9.17, 15) is 31.2 Å². The van der Waals surface area contributed by atoms with Crippen LogP contribution in [0.1, 0.15) is 29.8 Å². The van der Waals surface area contributed by atoms with E-state index in [0.29, 0.717) is 10.4 Å². The maximum atomic E-state index is 13.0. The van der Waals surface area contributed by atoms with E-state index in [1.54, 1.807) is 0 Å². The van der Waals surface area contributed by atoms with Gasteiger partial charge in [0.2, 0.25) is 15.9 Å². The number of nitrogens with zero attached hydrogens (tertiary/aromatic N) is 1. The molecule has 6 nitrogen and oxygen atoms in total. The van der Waals surface area contributed by atoms with Crippen molar-refractivity contribution in [2.45, 2.75) is 20.0 Å². The lowest BCUT2D eigenvalue weighted by molar-refractivity contribution is -0.137. The van der Waals surface area contributed by atoms with Gasteiger partial charge in [0.05, 0.1) is 32.5 Å². The average molecular weight is 495 g/mol. The lowest BCUT2D eigenvalue weighted by Gasteiger charge is -2.19. The van der Waals surface area contributed by atoms with Crippen LogP contribution in [0.2, 0.25) is 10.0 Å². The van der Waals surface area contributed by atoms with Gasteiger partial charge in [-0.2, -0.15) is 13.2 Å². The first kappa shape index (κ1) is 23.4. The number of rotatable bonds is 3. The molecule has 0 unspecified atom stereocenters. The maximum absolute atomic E-state index is 13.0. The van der Waals surface area contributed by atoms with Crippen LogP contribution in [0, 0.1) is 5.41 Å². The summed E-state index contributed by atoms with van der Waals surface area (Å²) in [5, 5.41) is 1.68. The highest BCUT2D eigenvalue weighted by Crippen LogP contribution is 2.40. The van der Waals surface area contributed by atoms with Crippen LogP contribution in [0.15, 0.2) is 36.4 Å². The zero-order valence-corrected chi connectivity index (χ0v) is 18.4. The molecule has 1 fully saturated rings. The van der Waals surface area contributed by atoms with E-state index in [2.05, 4.69) is 5.32 Å². The molecule has 1 heterocycles. The van der Waals surface area contributed by atoms with Gasteiger partial charge in [-0.15, -0.1) is 0 Å². The summed E-state index contributed by atoms with van der Waals surface area (Å²) in [6.45, 7) is 2.94. The van der Waals surface area contributed by atoms with Crippen molar-refractivity contribution in [3.8, 4) is 0 Å². The second-order valence-corrected chi connectivity index (χ2v) is 10.2. The Morgan fingerprint density at radius 3 is 2.26 bits per heavy atom. The molecule has 1 aliphatic heterocycles. The Bertz CT molecular complexity index is 1200. The van der Waals surface area contributed by atoms with Gasteiger partial charge in [-0.1, -0.05) is 23.2 Å². The summed E-state index contributed by atoms with van der Waals surface area (Å²) in [7, 11) is -4.02. The molecular weight excluding hydrogens is 480 g/mol. The van der Waals surface area contributed by atoms with Crippen LogP contribution in [0.4, 0.5) is 24.5 Å². The first-order valence-electron chi connectivity index (χ1n) is 8.68. The lowest BCUT2D eigenvalue weighted by atomic mass is 9.95. The SMILES string of the molecule is CC1(C)CS(=O)(=O)N(c2cc(C(=O)Nc3ccc(Cl)c(C(F)(F)F)c3)ccc2Cl)C1=O. The molecule has 166 valence electrons. The molecule has 2 aromatic rings. The Labute approximate surface area is 186 Å². The first-order chi connectivity index (χ1) is 14.1. The van der Waals surface area contributed by atoms with Crippen molar-refractivity contribution in [3.05, 3.63) is 57.6 Å². The molecule has 12 heteroatoms. The quantitative estimate of drug-likeness (QED) is 0.652. The number of anilines is 2. The van der Waals surface area contributed by atoms with Gasteiger partial charge >= 0.3 is 6.18 Å². The number of carbonyl (C=O) groups is 2. The summed E-state index contributed by atoms with van der Waals surface area (Å²) in [6, 6.07) is 6.42. The minimum absolute atomic E-state index is 0.0861. The zero-order chi connectivity index (χ0) is 23.4. The number of alkyl halides is 3. The standard InChI is InChI=1S/C19H15Cl2F3N2O4S/c1-18(2)9-31(29,30)26(17(18)28)15-7-10(3-5-14(15)21)16(27)25-11-4-6-13(20)12(8-11)19(22,23)24/h3-8H,9H2,1-2H3,(H,25,27). The van der Waals surface area contributed by atoms with Crippen molar-refractivity contribution in [1.29, 1.82) is 0 Å². The number of amides is 2. The summed E-state index contributed by atoms with van der Waals surface area (Å²) >= 11 is 11.7. The highest BCUT2D eigenvalue weighted by molar-refractivity contribution is 7.94. The number of sulfonamides is 1. The van der Waals surface area contributed by atoms with E-state index in [4.69, 9.17) is 23.2 Å². The van der Waals surface area contributed by atoms with Gasteiger partial charge in [0.15, 0.2) is 0 Å². The molecule has 31 heavy (non-hydrogen) atoms. The van der Waals surface area contributed by atoms with Crippen LogP contribution in [-0.2, 0) is 21.0 Å². The molecule has 1 N–H and O–H groups in total. The fourth-order valence-electron chi connectivity index (χ4n) is 3.08. The zero-order valence-electron chi connectivity index (χ0n) is 16.0. The first-order valence-corrected chi connectivity index (χ1v) is 11.0. The van der Waals surface area contributed by atoms with Crippen LogP contribution in [0.25, 0.3) is 0 Å². The lowest BCUT2D eigenvalue weighted by Crippen LogP contribution is -2.33. The molecule has 0 aliphatic carbocycles. The van der Waals surface area contributed by atoms with Crippen LogP contribution in [0.5, 0.6) is 0 Å². The van der Waals surface area contributed by atoms with E-state index >= 15 is 0 Å². The van der Waals surface area contributed by atoms with Gasteiger partial charge in [-0.3, -0.25) is 9.59 Å². The molecule has 0 aromatic heterocycles. The molecule has 3 rings (SSSR count). The number of hydrogen-bond donors (Lipinski definition) is 1. The molecule has 2 aromatic carbocycles. The number of nitrogens with one attached hydrogen (secondary N) is 1. The topological polar surface area (TPSA) is 83.6 Å². The second kappa shape index (κ2) is 7.68. The van der Waals surface area contributed by atoms with Gasteiger partial charge in [0.25, 0.3) is 5.91 Å². The summed E-state index contributed by atoms with van der Waals surface area (Å²) in [5.74, 6) is -1.98. The minimum atomic E-state index is -4.72. The van der Waals surface area contributed by atoms with E-state index in [1.807, 2.05) is 0 Å². The molecule has 2 amide bonds. The Kier molecular flexibility index (Phi) is 5.79. The monoisotopic (exact) mass is 494 g/mol. The number of benzene rings is 2. The number of hydrogen-bond acceptors (Lipinski definition) is 4. The van der Waals surface area contributed by atoms with Gasteiger partial charge in [-0.25, -0.2) is 12.7 Å². The van der Waals surface area contributed by atoms with Gasteiger partial charge < -0.3 is 5.32 Å². The van der Waals surface area contributed by atoms with Crippen molar-refractivity contribution in [2.24, 2.45) is 5.41 Å². The third kappa shape index (κ3) is 4.51. The van der Waals surface area contributed by atoms with Crippen LogP contribution >= 0.6 is 23.2 Å². The van der Waals surface area contributed by atoms with Crippen molar-refractivity contribution in [2.75, 3.05) is 15.4 Å². The summed E-state index contributed by atoms with van der Waals surface area (Å²) < 4.78 is 64.6. The Balaban J connectivity index is 1.96. The number of halogens is 5. The summed E-state index contributed by atoms with van der Waals surface area (Å²) in [6.07, 6.45) is -4.72. The van der Waals surface area contributed by atoms with Crippen molar-refractivity contribution >= 4 is 56.4 Å². The van der Waals surface area contributed by atoms with E-state index < -0.39 is 49.8 Å². The molecule has 1 aliphatic rings. The third-order valence-electron chi connectivity index (χ3n) is 4.54. The fraction of sp³-hybridized carbons (Fsp3) is 0.263. The van der Waals surface area contributed by atoms with Crippen molar-refractivity contribution in [1.82, 2.24) is 0 Å². The Morgan fingerprint density at radius 1 is 1.10 bits per heavy atom. The molecule has 0 radical (unpaired) electrons. The van der Waals surface area contributed by atoms with Crippen LogP contribution < -0.4 is 9.62 Å². The number of carbonyl (C=O) groups excluding carboxylic acids is 2. The molecule has 0 saturated carbocycles. The highest BCUT2D eigenvalue weighted by Gasteiger charge is 2.50. The van der Waals surface area contributed by atoms with E-state index in [-0.39, 0.29) is 22.0 Å². The molecule has 0 spiro atoms. The van der Waals surface area contributed by atoms with Gasteiger partial charge in [-0.05, 0) is 50.2 Å². The van der Waals surface area contributed by atoms with E-state index in [0.717, 1.165) is 12.1 Å². The average Bonchev–Trinajstić information content (AvgIpc) is 2.79. The van der Waals surface area contributed by atoms with Crippen molar-refractivity contribution in [3.63, 3.8) is 0 Å². The van der Waals surface area contributed by atoms with Crippen LogP contribution in [-0.4, -0.2) is 26.0 Å². The predicted octanol–water partition coefficient (Wildman–Crippen LogP) is 4.97. The normalized spacial score (nSPS) is 17.6. The predicted molar refractivity (Wildman–Crippen MR) is 111 cm³/mol. The molecule has 0 atom stereocenters. The van der Waals surface area contributed by atoms with Gasteiger partial charge in [0, 0.05) is 11.3 Å². The summed E-state index contributed by atoms with van der Waals surface area (Å²) in [4.78, 5) is 25.2. The Hall–Kier alpha value is -2.30. The smallest absolute Gasteiger partial charge is 0.322 e. The van der Waals surface area contributed by atoms with Gasteiger partial charge in [0.1, 0.15) is 0 Å². The molecular formula is C19H15Cl2F3N2O4S. The fourth-order valence-corrected chi connectivity index (χ4v) is 5.67. The molecule has 0 bridgehead atoms. The maximum Gasteiger partial charge on any atom is 0.417 e. The Morgan fingerprint density at radius 2 is 1.71 bits per heavy atom. The largest absolute Gasteiger partial charge is 0.417 e. The summed E-state index contributed by atoms with van der Waals surface area (Å²) in [5.41, 5.74) is -2.81.